The molecule has 1 heterocycles. The minimum Gasteiger partial charge on any atom is -0.273 e. The number of aromatic nitrogens is 2. The average molecular weight is 195 g/mol. The van der Waals surface area contributed by atoms with E-state index in [-0.39, 0.29) is 5.91 Å². The smallest absolute Gasteiger partial charge is 0.244 e. The second-order valence-electron chi connectivity index (χ2n) is 2.78. The molecule has 0 atom stereocenters. The van der Waals surface area contributed by atoms with Crippen LogP contribution in [0.4, 0.5) is 0 Å². The van der Waals surface area contributed by atoms with E-state index in [9.17, 15) is 4.79 Å². The monoisotopic (exact) mass is 194 g/mol. The van der Waals surface area contributed by atoms with Gasteiger partial charge in [0, 0.05) is 17.3 Å². The van der Waals surface area contributed by atoms with Gasteiger partial charge in [-0.25, -0.2) is 4.68 Å². The van der Waals surface area contributed by atoms with Crippen molar-refractivity contribution in [3.63, 3.8) is 0 Å². The van der Waals surface area contributed by atoms with Gasteiger partial charge in [0.25, 0.3) is 0 Å². The molecule has 4 heteroatoms. The zero-order valence-corrected chi connectivity index (χ0v) is 7.75. The second-order valence-corrected chi connectivity index (χ2v) is 3.21. The van der Waals surface area contributed by atoms with Crippen LogP contribution < -0.4 is 0 Å². The Bertz CT molecular complexity index is 475. The lowest BCUT2D eigenvalue weighted by atomic mass is 10.2. The maximum Gasteiger partial charge on any atom is 0.244 e. The molecule has 0 fully saturated rings. The van der Waals surface area contributed by atoms with E-state index in [2.05, 4.69) is 5.10 Å². The predicted octanol–water partition coefficient (Wildman–Crippen LogP) is 2.35. The van der Waals surface area contributed by atoms with Gasteiger partial charge in [0.15, 0.2) is 0 Å². The van der Waals surface area contributed by atoms with E-state index < -0.39 is 0 Å². The van der Waals surface area contributed by atoms with Gasteiger partial charge in [-0.1, -0.05) is 11.6 Å². The van der Waals surface area contributed by atoms with Gasteiger partial charge in [-0.2, -0.15) is 5.10 Å². The number of nitrogens with zero attached hydrogens (tertiary/aromatic N) is 2. The summed E-state index contributed by atoms with van der Waals surface area (Å²) in [7, 11) is 0. The zero-order chi connectivity index (χ0) is 9.42. The standard InChI is InChI=1S/C9H7ClN2O/c1-6(13)12-9-4-8(10)3-2-7(9)5-11-12/h2-5H,1H3. The summed E-state index contributed by atoms with van der Waals surface area (Å²) in [6, 6.07) is 5.34. The molecule has 1 aromatic carbocycles. The largest absolute Gasteiger partial charge is 0.273 e. The van der Waals surface area contributed by atoms with Crippen LogP contribution >= 0.6 is 11.6 Å². The van der Waals surface area contributed by atoms with Crippen LogP contribution in [0.15, 0.2) is 24.4 Å². The number of fused-ring (bicyclic) bond motifs is 1. The molecule has 0 spiro atoms. The van der Waals surface area contributed by atoms with Gasteiger partial charge < -0.3 is 0 Å². The molecule has 1 aromatic heterocycles. The van der Waals surface area contributed by atoms with Crippen molar-refractivity contribution in [2.45, 2.75) is 6.92 Å². The summed E-state index contributed by atoms with van der Waals surface area (Å²) in [6.45, 7) is 1.47. The summed E-state index contributed by atoms with van der Waals surface area (Å²) in [5, 5.41) is 5.47. The molecule has 0 saturated carbocycles. The number of carbonyl (C=O) groups is 1. The Morgan fingerprint density at radius 2 is 2.31 bits per heavy atom. The Kier molecular flexibility index (Phi) is 1.81. The molecule has 0 N–H and O–H groups in total. The molecule has 0 aliphatic heterocycles. The topological polar surface area (TPSA) is 34.9 Å². The van der Waals surface area contributed by atoms with Crippen molar-refractivity contribution in [2.24, 2.45) is 0 Å². The summed E-state index contributed by atoms with van der Waals surface area (Å²) in [5.41, 5.74) is 0.750. The first-order chi connectivity index (χ1) is 6.18. The van der Waals surface area contributed by atoms with Crippen LogP contribution in [0, 0.1) is 0 Å². The fourth-order valence-corrected chi connectivity index (χ4v) is 1.41. The zero-order valence-electron chi connectivity index (χ0n) is 6.99. The van der Waals surface area contributed by atoms with Gasteiger partial charge in [-0.3, -0.25) is 4.79 Å². The lowest BCUT2D eigenvalue weighted by Crippen LogP contribution is -2.06. The first kappa shape index (κ1) is 8.26. The van der Waals surface area contributed by atoms with Gasteiger partial charge in [0.2, 0.25) is 5.91 Å². The number of hydrogen-bond donors (Lipinski definition) is 0. The molecule has 3 nitrogen and oxygen atoms in total. The van der Waals surface area contributed by atoms with Crippen molar-refractivity contribution >= 4 is 28.4 Å². The van der Waals surface area contributed by atoms with Crippen LogP contribution in [0.3, 0.4) is 0 Å². The molecule has 0 bridgehead atoms. The SMILES string of the molecule is CC(=O)n1ncc2ccc(Cl)cc21. The van der Waals surface area contributed by atoms with E-state index in [1.807, 2.05) is 6.07 Å². The molecule has 2 rings (SSSR count). The number of carbonyl (C=O) groups excluding carboxylic acids is 1. The summed E-state index contributed by atoms with van der Waals surface area (Å²) in [5.74, 6) is -0.114. The van der Waals surface area contributed by atoms with E-state index in [1.165, 1.54) is 11.6 Å². The van der Waals surface area contributed by atoms with Crippen LogP contribution in [0.25, 0.3) is 10.9 Å². The lowest BCUT2D eigenvalue weighted by Gasteiger charge is -1.96. The molecule has 13 heavy (non-hydrogen) atoms. The molecule has 0 aliphatic carbocycles. The van der Waals surface area contributed by atoms with Crippen LogP contribution in [0.5, 0.6) is 0 Å². The maximum atomic E-state index is 11.1. The quantitative estimate of drug-likeness (QED) is 0.645. The van der Waals surface area contributed by atoms with Gasteiger partial charge >= 0.3 is 0 Å². The highest BCUT2D eigenvalue weighted by Gasteiger charge is 2.05. The normalized spacial score (nSPS) is 10.6. The third kappa shape index (κ3) is 1.31. The summed E-state index contributed by atoms with van der Waals surface area (Å²) in [6.07, 6.45) is 1.65. The molecule has 0 aliphatic rings. The Morgan fingerprint density at radius 1 is 1.54 bits per heavy atom. The Balaban J connectivity index is 2.79. The molecular weight excluding hydrogens is 188 g/mol. The fraction of sp³-hybridized carbons (Fsp3) is 0.111. The number of rotatable bonds is 0. The van der Waals surface area contributed by atoms with Gasteiger partial charge in [-0.15, -0.1) is 0 Å². The van der Waals surface area contributed by atoms with Crippen LogP contribution in [-0.4, -0.2) is 15.7 Å². The summed E-state index contributed by atoms with van der Waals surface area (Å²) >= 11 is 5.80. The molecule has 2 aromatic rings. The molecule has 0 radical (unpaired) electrons. The minimum absolute atomic E-state index is 0.114. The maximum absolute atomic E-state index is 11.1. The van der Waals surface area contributed by atoms with Crippen molar-refractivity contribution < 1.29 is 4.79 Å². The first-order valence-corrected chi connectivity index (χ1v) is 4.20. The number of benzene rings is 1. The van der Waals surface area contributed by atoms with Crippen LogP contribution in [0.1, 0.15) is 11.7 Å². The molecule has 0 amide bonds. The van der Waals surface area contributed by atoms with Crippen LogP contribution in [0.2, 0.25) is 5.02 Å². The third-order valence-corrected chi connectivity index (χ3v) is 2.07. The van der Waals surface area contributed by atoms with Gasteiger partial charge in [0.1, 0.15) is 0 Å². The van der Waals surface area contributed by atoms with E-state index in [4.69, 9.17) is 11.6 Å². The van der Waals surface area contributed by atoms with E-state index in [0.717, 1.165) is 10.9 Å². The summed E-state index contributed by atoms with van der Waals surface area (Å²) < 4.78 is 1.33. The highest BCUT2D eigenvalue weighted by molar-refractivity contribution is 6.31. The highest BCUT2D eigenvalue weighted by Crippen LogP contribution is 2.18. The second kappa shape index (κ2) is 2.85. The van der Waals surface area contributed by atoms with Crippen molar-refractivity contribution in [3.05, 3.63) is 29.4 Å². The van der Waals surface area contributed by atoms with Crippen molar-refractivity contribution in [3.8, 4) is 0 Å². The van der Waals surface area contributed by atoms with Crippen molar-refractivity contribution in [2.75, 3.05) is 0 Å². The van der Waals surface area contributed by atoms with E-state index in [1.54, 1.807) is 18.3 Å². The number of hydrogen-bond acceptors (Lipinski definition) is 2. The lowest BCUT2D eigenvalue weighted by molar-refractivity contribution is 0.0927. The summed E-state index contributed by atoms with van der Waals surface area (Å²) in [4.78, 5) is 11.1. The third-order valence-electron chi connectivity index (χ3n) is 1.83. The minimum atomic E-state index is -0.114. The van der Waals surface area contributed by atoms with E-state index in [0.29, 0.717) is 5.02 Å². The Morgan fingerprint density at radius 3 is 3.00 bits per heavy atom. The van der Waals surface area contributed by atoms with Crippen molar-refractivity contribution in [1.29, 1.82) is 0 Å². The van der Waals surface area contributed by atoms with E-state index >= 15 is 0 Å². The van der Waals surface area contributed by atoms with Gasteiger partial charge in [0.05, 0.1) is 11.7 Å². The fourth-order valence-electron chi connectivity index (χ4n) is 1.24. The molecular formula is C9H7ClN2O. The van der Waals surface area contributed by atoms with Crippen LogP contribution in [-0.2, 0) is 0 Å². The molecule has 0 saturated heterocycles. The molecule has 0 unspecified atom stereocenters. The molecule has 66 valence electrons. The first-order valence-electron chi connectivity index (χ1n) is 3.83. The predicted molar refractivity (Wildman–Crippen MR) is 51.0 cm³/mol. The number of halogens is 1. The average Bonchev–Trinajstić information content (AvgIpc) is 2.46. The Labute approximate surface area is 79.9 Å². The van der Waals surface area contributed by atoms with Gasteiger partial charge in [-0.05, 0) is 18.2 Å². The van der Waals surface area contributed by atoms with Crippen molar-refractivity contribution in [1.82, 2.24) is 9.78 Å². The Hall–Kier alpha value is -1.35. The highest BCUT2D eigenvalue weighted by atomic mass is 35.5.